The van der Waals surface area contributed by atoms with E-state index in [1.807, 2.05) is 30.3 Å². The fourth-order valence-electron chi connectivity index (χ4n) is 5.31. The Kier molecular flexibility index (Phi) is 2.71. The number of hydrogen-bond acceptors (Lipinski definition) is 1. The molecule has 102 valence electrons. The first kappa shape index (κ1) is 12.5. The van der Waals surface area contributed by atoms with Crippen LogP contribution in [0.5, 0.6) is 0 Å². The van der Waals surface area contributed by atoms with Crippen molar-refractivity contribution in [3.63, 3.8) is 0 Å². The van der Waals surface area contributed by atoms with Crippen LogP contribution < -0.4 is 5.30 Å². The summed E-state index contributed by atoms with van der Waals surface area (Å²) < 4.78 is 13.4. The zero-order valence-electron chi connectivity index (χ0n) is 11.1. The lowest BCUT2D eigenvalue weighted by atomic mass is 9.56. The van der Waals surface area contributed by atoms with Crippen LogP contribution in [-0.4, -0.2) is 5.16 Å². The van der Waals surface area contributed by atoms with Gasteiger partial charge in [-0.25, -0.2) is 0 Å². The van der Waals surface area contributed by atoms with Crippen LogP contribution in [0.15, 0.2) is 30.3 Å². The van der Waals surface area contributed by atoms with Crippen molar-refractivity contribution in [3.8, 4) is 0 Å². The first-order chi connectivity index (χ1) is 9.09. The summed E-state index contributed by atoms with van der Waals surface area (Å²) in [5, 5.41) is 0.809. The minimum atomic E-state index is -2.77. The Balaban J connectivity index is 1.77. The Morgan fingerprint density at radius 2 is 1.42 bits per heavy atom. The molecule has 0 N–H and O–H groups in total. The Hall–Kier alpha value is -0.260. The molecule has 0 radical (unpaired) electrons. The number of rotatable bonds is 2. The maximum Gasteiger partial charge on any atom is 0.203 e. The van der Waals surface area contributed by atoms with Crippen molar-refractivity contribution in [3.05, 3.63) is 30.3 Å². The molecule has 0 aliphatic heterocycles. The summed E-state index contributed by atoms with van der Waals surface area (Å²) in [7, 11) is 0. The van der Waals surface area contributed by atoms with Crippen molar-refractivity contribution >= 4 is 23.0 Å². The highest BCUT2D eigenvalue weighted by Gasteiger charge is 2.59. The monoisotopic (exact) mass is 294 g/mol. The van der Waals surface area contributed by atoms with Crippen molar-refractivity contribution in [2.75, 3.05) is 0 Å². The largest absolute Gasteiger partial charge is 0.301 e. The van der Waals surface area contributed by atoms with E-state index in [2.05, 4.69) is 0 Å². The van der Waals surface area contributed by atoms with Crippen molar-refractivity contribution < 1.29 is 4.57 Å². The van der Waals surface area contributed by atoms with Gasteiger partial charge in [-0.3, -0.25) is 0 Å². The van der Waals surface area contributed by atoms with Crippen molar-refractivity contribution in [1.29, 1.82) is 0 Å². The summed E-state index contributed by atoms with van der Waals surface area (Å²) in [6, 6.07) is 9.83. The predicted molar refractivity (Wildman–Crippen MR) is 80.4 cm³/mol. The Morgan fingerprint density at radius 1 is 0.947 bits per heavy atom. The third-order valence-electron chi connectivity index (χ3n) is 5.70. The maximum absolute atomic E-state index is 13.4. The van der Waals surface area contributed by atoms with Gasteiger partial charge >= 0.3 is 0 Å². The first-order valence-electron chi connectivity index (χ1n) is 7.44. The third kappa shape index (κ3) is 1.78. The van der Waals surface area contributed by atoms with Gasteiger partial charge in [0.25, 0.3) is 0 Å². The fourth-order valence-corrected chi connectivity index (χ4v) is 8.85. The molecular formula is C16H20ClOP. The second-order valence-electron chi connectivity index (χ2n) is 7.01. The predicted octanol–water partition coefficient (Wildman–Crippen LogP) is 4.80. The third-order valence-corrected chi connectivity index (χ3v) is 10.1. The van der Waals surface area contributed by atoms with E-state index in [9.17, 15) is 4.57 Å². The number of hydrogen-bond donors (Lipinski definition) is 0. The molecule has 19 heavy (non-hydrogen) atoms. The van der Waals surface area contributed by atoms with Gasteiger partial charge in [0, 0.05) is 10.5 Å². The number of benzene rings is 1. The van der Waals surface area contributed by atoms with E-state index in [-0.39, 0.29) is 5.16 Å². The van der Waals surface area contributed by atoms with Gasteiger partial charge in [-0.05, 0) is 67.5 Å². The molecule has 0 spiro atoms. The molecule has 1 aromatic rings. The molecule has 0 saturated heterocycles. The van der Waals surface area contributed by atoms with Gasteiger partial charge in [-0.2, -0.15) is 0 Å². The lowest BCUT2D eigenvalue weighted by molar-refractivity contribution is 0.0344. The molecule has 4 fully saturated rings. The van der Waals surface area contributed by atoms with Gasteiger partial charge in [-0.15, -0.1) is 0 Å². The summed E-state index contributed by atoms with van der Waals surface area (Å²) >= 11 is 6.74. The standard InChI is InChI=1S/C16H20ClOP/c17-19(18,15-4-2-1-3-5-15)16-9-12-6-13(10-16)8-14(7-12)11-16/h1-5,12-14H,6-11H2/t12?,13?,14?,16?,19-/m0/s1. The van der Waals surface area contributed by atoms with Crippen molar-refractivity contribution in [2.24, 2.45) is 17.8 Å². The molecule has 4 bridgehead atoms. The van der Waals surface area contributed by atoms with Gasteiger partial charge < -0.3 is 4.57 Å². The lowest BCUT2D eigenvalue weighted by Gasteiger charge is -2.57. The molecule has 3 heteroatoms. The average molecular weight is 295 g/mol. The molecule has 1 aromatic carbocycles. The summed E-state index contributed by atoms with van der Waals surface area (Å²) in [5.41, 5.74) is 0. The normalized spacial score (nSPS) is 43.1. The van der Waals surface area contributed by atoms with E-state index >= 15 is 0 Å². The molecule has 4 saturated carbocycles. The summed E-state index contributed by atoms with van der Waals surface area (Å²) in [4.78, 5) is 0. The van der Waals surface area contributed by atoms with Crippen LogP contribution in [0.1, 0.15) is 38.5 Å². The molecule has 1 atom stereocenters. The summed E-state index contributed by atoms with van der Waals surface area (Å²) in [6.07, 6.45) is 7.42. The fraction of sp³-hybridized carbons (Fsp3) is 0.625. The van der Waals surface area contributed by atoms with Gasteiger partial charge in [0.05, 0.1) is 0 Å². The highest BCUT2D eigenvalue weighted by Crippen LogP contribution is 2.74. The van der Waals surface area contributed by atoms with E-state index in [1.54, 1.807) is 0 Å². The molecular weight excluding hydrogens is 275 g/mol. The van der Waals surface area contributed by atoms with Crippen LogP contribution in [0.2, 0.25) is 0 Å². The smallest absolute Gasteiger partial charge is 0.203 e. The highest BCUT2D eigenvalue weighted by atomic mass is 35.7. The molecule has 4 aliphatic rings. The van der Waals surface area contributed by atoms with Crippen LogP contribution >= 0.6 is 17.7 Å². The Morgan fingerprint density at radius 3 is 1.89 bits per heavy atom. The molecule has 0 amide bonds. The van der Waals surface area contributed by atoms with Crippen LogP contribution in [0.25, 0.3) is 0 Å². The number of halogens is 1. The van der Waals surface area contributed by atoms with Gasteiger partial charge in [0.2, 0.25) is 6.49 Å². The van der Waals surface area contributed by atoms with Crippen LogP contribution in [0.3, 0.4) is 0 Å². The van der Waals surface area contributed by atoms with E-state index in [0.717, 1.165) is 42.3 Å². The van der Waals surface area contributed by atoms with Gasteiger partial charge in [-0.1, -0.05) is 30.3 Å². The minimum Gasteiger partial charge on any atom is -0.301 e. The maximum atomic E-state index is 13.4. The molecule has 4 aliphatic carbocycles. The molecule has 5 rings (SSSR count). The summed E-state index contributed by atoms with van der Waals surface area (Å²) in [6.45, 7) is -2.77. The van der Waals surface area contributed by atoms with Crippen LogP contribution in [0, 0.1) is 17.8 Å². The van der Waals surface area contributed by atoms with Gasteiger partial charge in [0.15, 0.2) is 0 Å². The molecule has 1 nitrogen and oxygen atoms in total. The van der Waals surface area contributed by atoms with E-state index in [4.69, 9.17) is 11.2 Å². The summed E-state index contributed by atoms with van der Waals surface area (Å²) in [5.74, 6) is 2.38. The average Bonchev–Trinajstić information content (AvgIpc) is 2.38. The molecule has 0 heterocycles. The van der Waals surface area contributed by atoms with Crippen LogP contribution in [-0.2, 0) is 4.57 Å². The van der Waals surface area contributed by atoms with E-state index in [1.165, 1.54) is 19.3 Å². The topological polar surface area (TPSA) is 17.1 Å². The molecule has 0 unspecified atom stereocenters. The zero-order chi connectivity index (χ0) is 13.1. The van der Waals surface area contributed by atoms with E-state index in [0.29, 0.717) is 0 Å². The Bertz CT molecular complexity index is 504. The molecule has 0 aromatic heterocycles. The second-order valence-corrected chi connectivity index (χ2v) is 11.0. The highest BCUT2D eigenvalue weighted by molar-refractivity contribution is 7.96. The van der Waals surface area contributed by atoms with Crippen molar-refractivity contribution in [1.82, 2.24) is 0 Å². The minimum absolute atomic E-state index is 0.0787. The van der Waals surface area contributed by atoms with Crippen molar-refractivity contribution in [2.45, 2.75) is 43.7 Å². The Labute approximate surface area is 119 Å². The van der Waals surface area contributed by atoms with E-state index < -0.39 is 6.49 Å². The van der Waals surface area contributed by atoms with Gasteiger partial charge in [0.1, 0.15) is 0 Å². The van der Waals surface area contributed by atoms with Crippen LogP contribution in [0.4, 0.5) is 0 Å². The SMILES string of the molecule is O=[P@@](Cl)(c1ccccc1)C12CC3CC(CC(C3)C1)C2. The first-order valence-corrected chi connectivity index (χ1v) is 10.1. The lowest BCUT2D eigenvalue weighted by Crippen LogP contribution is -2.50. The quantitative estimate of drug-likeness (QED) is 0.716. The zero-order valence-corrected chi connectivity index (χ0v) is 12.7. The second kappa shape index (κ2) is 4.12.